The monoisotopic (exact) mass is 269 g/mol. The van der Waals surface area contributed by atoms with Gasteiger partial charge in [-0.15, -0.1) is 0 Å². The van der Waals surface area contributed by atoms with Gasteiger partial charge in [0, 0.05) is 12.7 Å². The number of hydrogen-bond acceptors (Lipinski definition) is 3. The van der Waals surface area contributed by atoms with E-state index in [-0.39, 0.29) is 11.8 Å². The van der Waals surface area contributed by atoms with E-state index in [1.165, 1.54) is 0 Å². The number of carbonyl (C=O) groups excluding carboxylic acids is 1. The average Bonchev–Trinajstić information content (AvgIpc) is 2.74. The highest BCUT2D eigenvalue weighted by atomic mass is 79.9. The lowest BCUT2D eigenvalue weighted by molar-refractivity contribution is -0.119. The molecule has 0 bridgehead atoms. The third kappa shape index (κ3) is 2.54. The van der Waals surface area contributed by atoms with Gasteiger partial charge in [-0.25, -0.2) is 4.98 Å². The number of amides is 1. The first-order valence-corrected chi connectivity index (χ1v) is 5.69. The maximum atomic E-state index is 11.8. The van der Waals surface area contributed by atoms with Crippen LogP contribution in [0.1, 0.15) is 6.42 Å². The third-order valence-electron chi connectivity index (χ3n) is 2.43. The van der Waals surface area contributed by atoms with Crippen molar-refractivity contribution in [2.75, 3.05) is 18.4 Å². The Balaban J connectivity index is 2.02. The smallest absolute Gasteiger partial charge is 0.230 e. The Morgan fingerprint density at radius 2 is 2.53 bits per heavy atom. The molecule has 1 aliphatic rings. The Hall–Kier alpha value is -0.940. The molecule has 1 fully saturated rings. The number of carbonyl (C=O) groups is 1. The molecule has 2 rings (SSSR count). The second kappa shape index (κ2) is 4.72. The fourth-order valence-corrected chi connectivity index (χ4v) is 1.93. The summed E-state index contributed by atoms with van der Waals surface area (Å²) in [6.07, 6.45) is 2.56. The van der Waals surface area contributed by atoms with Crippen molar-refractivity contribution in [2.24, 2.45) is 5.92 Å². The number of rotatable bonds is 2. The molecule has 1 aromatic heterocycles. The normalized spacial score (nSPS) is 20.2. The number of nitrogens with one attached hydrogen (secondary N) is 2. The van der Waals surface area contributed by atoms with E-state index in [9.17, 15) is 4.79 Å². The van der Waals surface area contributed by atoms with E-state index in [1.807, 2.05) is 12.1 Å². The molecule has 0 aliphatic carbocycles. The van der Waals surface area contributed by atoms with Crippen LogP contribution in [0.5, 0.6) is 0 Å². The van der Waals surface area contributed by atoms with Crippen LogP contribution in [-0.2, 0) is 4.79 Å². The molecule has 2 N–H and O–H groups in total. The molecule has 15 heavy (non-hydrogen) atoms. The molecular weight excluding hydrogens is 258 g/mol. The van der Waals surface area contributed by atoms with Crippen molar-refractivity contribution in [1.82, 2.24) is 10.3 Å². The number of halogens is 1. The number of hydrogen-bond donors (Lipinski definition) is 2. The predicted octanol–water partition coefficient (Wildman–Crippen LogP) is 1.39. The number of anilines is 1. The van der Waals surface area contributed by atoms with Gasteiger partial charge in [-0.05, 0) is 41.0 Å². The van der Waals surface area contributed by atoms with Gasteiger partial charge in [-0.2, -0.15) is 0 Å². The van der Waals surface area contributed by atoms with Crippen molar-refractivity contribution in [3.05, 3.63) is 22.8 Å². The van der Waals surface area contributed by atoms with Crippen LogP contribution in [0.25, 0.3) is 0 Å². The molecule has 0 aromatic carbocycles. The van der Waals surface area contributed by atoms with Gasteiger partial charge in [-0.3, -0.25) is 4.79 Å². The number of aromatic nitrogens is 1. The Morgan fingerprint density at radius 1 is 1.67 bits per heavy atom. The van der Waals surface area contributed by atoms with Crippen LogP contribution >= 0.6 is 15.9 Å². The number of nitrogens with zero attached hydrogens (tertiary/aromatic N) is 1. The summed E-state index contributed by atoms with van der Waals surface area (Å²) in [4.78, 5) is 15.8. The van der Waals surface area contributed by atoms with E-state index in [2.05, 4.69) is 31.5 Å². The quantitative estimate of drug-likeness (QED) is 0.854. The van der Waals surface area contributed by atoms with Crippen LogP contribution in [0, 0.1) is 5.92 Å². The summed E-state index contributed by atoms with van der Waals surface area (Å²) in [6.45, 7) is 1.68. The molecule has 80 valence electrons. The molecule has 1 aliphatic heterocycles. The van der Waals surface area contributed by atoms with Gasteiger partial charge in [-0.1, -0.05) is 0 Å². The van der Waals surface area contributed by atoms with Gasteiger partial charge in [0.15, 0.2) is 0 Å². The van der Waals surface area contributed by atoms with E-state index in [0.717, 1.165) is 24.0 Å². The fraction of sp³-hybridized carbons (Fsp3) is 0.400. The van der Waals surface area contributed by atoms with Gasteiger partial charge in [0.1, 0.15) is 5.82 Å². The van der Waals surface area contributed by atoms with Crippen LogP contribution in [0.4, 0.5) is 5.82 Å². The highest BCUT2D eigenvalue weighted by Crippen LogP contribution is 2.19. The highest BCUT2D eigenvalue weighted by Gasteiger charge is 2.22. The molecule has 1 atom stereocenters. The second-order valence-corrected chi connectivity index (χ2v) is 4.37. The molecule has 0 saturated carbocycles. The zero-order valence-corrected chi connectivity index (χ0v) is 9.75. The first-order valence-electron chi connectivity index (χ1n) is 4.89. The maximum Gasteiger partial charge on any atom is 0.230 e. The minimum Gasteiger partial charge on any atom is -0.316 e. The predicted molar refractivity (Wildman–Crippen MR) is 61.5 cm³/mol. The second-order valence-electron chi connectivity index (χ2n) is 3.51. The SMILES string of the molecule is O=C(Nc1ncccc1Br)C1CCNC1. The van der Waals surface area contributed by atoms with Crippen LogP contribution < -0.4 is 10.6 Å². The van der Waals surface area contributed by atoms with Gasteiger partial charge in [0.2, 0.25) is 5.91 Å². The Kier molecular flexibility index (Phi) is 3.33. The van der Waals surface area contributed by atoms with Crippen molar-refractivity contribution in [1.29, 1.82) is 0 Å². The van der Waals surface area contributed by atoms with Crippen molar-refractivity contribution in [3.8, 4) is 0 Å². The van der Waals surface area contributed by atoms with E-state index in [0.29, 0.717) is 5.82 Å². The molecule has 1 amide bonds. The lowest BCUT2D eigenvalue weighted by Gasteiger charge is -2.09. The molecular formula is C10H12BrN3O. The zero-order chi connectivity index (χ0) is 10.7. The third-order valence-corrected chi connectivity index (χ3v) is 3.07. The van der Waals surface area contributed by atoms with E-state index >= 15 is 0 Å². The first-order chi connectivity index (χ1) is 7.27. The summed E-state index contributed by atoms with van der Waals surface area (Å²) in [6, 6.07) is 3.67. The van der Waals surface area contributed by atoms with Crippen molar-refractivity contribution < 1.29 is 4.79 Å². The topological polar surface area (TPSA) is 54.0 Å². The molecule has 5 heteroatoms. The standard InChI is InChI=1S/C10H12BrN3O/c11-8-2-1-4-13-9(8)14-10(15)7-3-5-12-6-7/h1-2,4,7,12H,3,5-6H2,(H,13,14,15). The van der Waals surface area contributed by atoms with E-state index < -0.39 is 0 Å². The lowest BCUT2D eigenvalue weighted by Crippen LogP contribution is -2.25. The number of pyridine rings is 1. The van der Waals surface area contributed by atoms with Gasteiger partial charge >= 0.3 is 0 Å². The van der Waals surface area contributed by atoms with Crippen molar-refractivity contribution in [2.45, 2.75) is 6.42 Å². The van der Waals surface area contributed by atoms with E-state index in [1.54, 1.807) is 6.20 Å². The van der Waals surface area contributed by atoms with Crippen molar-refractivity contribution >= 4 is 27.7 Å². The van der Waals surface area contributed by atoms with Gasteiger partial charge in [0.25, 0.3) is 0 Å². The molecule has 1 unspecified atom stereocenters. The minimum absolute atomic E-state index is 0.0411. The summed E-state index contributed by atoms with van der Waals surface area (Å²) < 4.78 is 0.810. The summed E-state index contributed by atoms with van der Waals surface area (Å²) in [5.41, 5.74) is 0. The highest BCUT2D eigenvalue weighted by molar-refractivity contribution is 9.10. The maximum absolute atomic E-state index is 11.8. The summed E-state index contributed by atoms with van der Waals surface area (Å²) in [5.74, 6) is 0.702. The molecule has 2 heterocycles. The lowest BCUT2D eigenvalue weighted by atomic mass is 10.1. The molecule has 0 spiro atoms. The zero-order valence-electron chi connectivity index (χ0n) is 8.16. The van der Waals surface area contributed by atoms with Crippen molar-refractivity contribution in [3.63, 3.8) is 0 Å². The summed E-state index contributed by atoms with van der Waals surface area (Å²) >= 11 is 3.34. The molecule has 0 radical (unpaired) electrons. The largest absolute Gasteiger partial charge is 0.316 e. The molecule has 1 saturated heterocycles. The Bertz CT molecular complexity index is 363. The van der Waals surface area contributed by atoms with Gasteiger partial charge < -0.3 is 10.6 Å². The van der Waals surface area contributed by atoms with Crippen LogP contribution in [-0.4, -0.2) is 24.0 Å². The van der Waals surface area contributed by atoms with Crippen LogP contribution in [0.15, 0.2) is 22.8 Å². The Morgan fingerprint density at radius 3 is 3.20 bits per heavy atom. The fourth-order valence-electron chi connectivity index (χ4n) is 1.57. The minimum atomic E-state index is 0.0411. The van der Waals surface area contributed by atoms with E-state index in [4.69, 9.17) is 0 Å². The van der Waals surface area contributed by atoms with Crippen LogP contribution in [0.2, 0.25) is 0 Å². The first kappa shape index (κ1) is 10.6. The van der Waals surface area contributed by atoms with Crippen LogP contribution in [0.3, 0.4) is 0 Å². The average molecular weight is 270 g/mol. The summed E-state index contributed by atoms with van der Waals surface area (Å²) in [5, 5.41) is 5.98. The van der Waals surface area contributed by atoms with Gasteiger partial charge in [0.05, 0.1) is 10.4 Å². The molecule has 1 aromatic rings. The molecule has 4 nitrogen and oxygen atoms in total. The Labute approximate surface area is 96.6 Å². The summed E-state index contributed by atoms with van der Waals surface area (Å²) in [7, 11) is 0.